The zero-order valence-corrected chi connectivity index (χ0v) is 14.7. The van der Waals surface area contributed by atoms with E-state index < -0.39 is 0 Å². The molecule has 0 spiro atoms. The van der Waals surface area contributed by atoms with E-state index >= 15 is 0 Å². The Balaban J connectivity index is 1.85. The van der Waals surface area contributed by atoms with Gasteiger partial charge in [-0.15, -0.1) is 0 Å². The van der Waals surface area contributed by atoms with E-state index in [-0.39, 0.29) is 11.6 Å². The van der Waals surface area contributed by atoms with Crippen LogP contribution in [0.4, 0.5) is 4.39 Å². The zero-order chi connectivity index (χ0) is 17.8. The molecule has 0 atom stereocenters. The van der Waals surface area contributed by atoms with Crippen LogP contribution in [0.25, 0.3) is 5.69 Å². The van der Waals surface area contributed by atoms with Gasteiger partial charge in [-0.25, -0.2) is 9.37 Å². The fourth-order valence-electron chi connectivity index (χ4n) is 2.47. The third-order valence-electron chi connectivity index (χ3n) is 3.74. The van der Waals surface area contributed by atoms with Crippen molar-refractivity contribution in [2.75, 3.05) is 7.11 Å². The molecule has 0 saturated carbocycles. The summed E-state index contributed by atoms with van der Waals surface area (Å²) in [6.45, 7) is 1.54. The second-order valence-electron chi connectivity index (χ2n) is 5.43. The van der Waals surface area contributed by atoms with Gasteiger partial charge in [0.25, 0.3) is 0 Å². The van der Waals surface area contributed by atoms with Crippen LogP contribution in [0.1, 0.15) is 22.8 Å². The molecule has 0 aliphatic rings. The second-order valence-corrected chi connectivity index (χ2v) is 6.37. The summed E-state index contributed by atoms with van der Waals surface area (Å²) in [6, 6.07) is 11.7. The van der Waals surface area contributed by atoms with Crippen molar-refractivity contribution in [3.63, 3.8) is 0 Å². The Labute approximate surface area is 149 Å². The molecular weight excluding hydrogens is 339 g/mol. The zero-order valence-electron chi connectivity index (χ0n) is 13.9. The number of aromatic nitrogens is 2. The van der Waals surface area contributed by atoms with E-state index in [4.69, 9.17) is 4.74 Å². The summed E-state index contributed by atoms with van der Waals surface area (Å²) >= 11 is 1.50. The fourth-order valence-corrected chi connectivity index (χ4v) is 3.42. The molecule has 0 unspecified atom stereocenters. The maximum Gasteiger partial charge on any atom is 0.172 e. The first kappa shape index (κ1) is 17.2. The molecule has 6 heteroatoms. The molecule has 0 fully saturated rings. The highest BCUT2D eigenvalue weighted by atomic mass is 32.2. The third kappa shape index (κ3) is 3.91. The number of carbonyl (C=O) groups is 1. The monoisotopic (exact) mass is 356 g/mol. The number of Topliss-reactive ketones (excluding diaryl/α,β-unsaturated/α-hetero) is 1. The smallest absolute Gasteiger partial charge is 0.172 e. The van der Waals surface area contributed by atoms with Crippen molar-refractivity contribution in [1.29, 1.82) is 0 Å². The van der Waals surface area contributed by atoms with E-state index in [0.29, 0.717) is 17.0 Å². The summed E-state index contributed by atoms with van der Waals surface area (Å²) in [6.07, 6.45) is 3.47. The van der Waals surface area contributed by atoms with E-state index in [1.54, 1.807) is 37.7 Å². The molecule has 0 N–H and O–H groups in total. The first-order valence-corrected chi connectivity index (χ1v) is 8.67. The van der Waals surface area contributed by atoms with E-state index in [2.05, 4.69) is 4.98 Å². The molecule has 0 aliphatic heterocycles. The van der Waals surface area contributed by atoms with Crippen LogP contribution in [-0.2, 0) is 5.75 Å². The van der Waals surface area contributed by atoms with Gasteiger partial charge in [-0.1, -0.05) is 17.8 Å². The van der Waals surface area contributed by atoms with Crippen LogP contribution >= 0.6 is 11.8 Å². The van der Waals surface area contributed by atoms with Gasteiger partial charge in [0.1, 0.15) is 11.6 Å². The van der Waals surface area contributed by atoms with Gasteiger partial charge in [-0.3, -0.25) is 9.36 Å². The number of ether oxygens (including phenoxy) is 1. The van der Waals surface area contributed by atoms with Crippen molar-refractivity contribution in [2.45, 2.75) is 17.8 Å². The van der Waals surface area contributed by atoms with Crippen LogP contribution < -0.4 is 4.74 Å². The molecule has 3 aromatic rings. The number of halogens is 1. The third-order valence-corrected chi connectivity index (χ3v) is 4.75. The number of thioether (sulfide) groups is 1. The molecule has 0 amide bonds. The van der Waals surface area contributed by atoms with Crippen LogP contribution in [-0.4, -0.2) is 22.4 Å². The van der Waals surface area contributed by atoms with Gasteiger partial charge in [0, 0.05) is 29.3 Å². The van der Waals surface area contributed by atoms with Crippen molar-refractivity contribution in [1.82, 2.24) is 9.55 Å². The van der Waals surface area contributed by atoms with Crippen molar-refractivity contribution in [3.05, 3.63) is 71.8 Å². The van der Waals surface area contributed by atoms with Crippen LogP contribution in [0.15, 0.2) is 60.0 Å². The minimum atomic E-state index is -0.294. The SMILES string of the molecule is COc1ccc(C(C)=O)cc1CSc1nccn1-c1cccc(F)c1. The highest BCUT2D eigenvalue weighted by Crippen LogP contribution is 2.29. The average molecular weight is 356 g/mol. The molecule has 25 heavy (non-hydrogen) atoms. The molecular formula is C19H17FN2O2S. The summed E-state index contributed by atoms with van der Waals surface area (Å²) in [5, 5.41) is 0.737. The van der Waals surface area contributed by atoms with Gasteiger partial charge in [-0.05, 0) is 43.3 Å². The number of benzene rings is 2. The summed E-state index contributed by atoms with van der Waals surface area (Å²) in [5.74, 6) is 1.02. The van der Waals surface area contributed by atoms with Gasteiger partial charge in [0.15, 0.2) is 10.9 Å². The summed E-state index contributed by atoms with van der Waals surface area (Å²) < 4.78 is 20.7. The van der Waals surface area contributed by atoms with E-state index in [1.165, 1.54) is 30.8 Å². The largest absolute Gasteiger partial charge is 0.496 e. The Morgan fingerprint density at radius 3 is 2.84 bits per heavy atom. The van der Waals surface area contributed by atoms with Crippen molar-refractivity contribution < 1.29 is 13.9 Å². The van der Waals surface area contributed by atoms with E-state index in [9.17, 15) is 9.18 Å². The summed E-state index contributed by atoms with van der Waals surface area (Å²) in [4.78, 5) is 15.9. The number of ketones is 1. The second kappa shape index (κ2) is 7.53. The molecule has 2 aromatic carbocycles. The van der Waals surface area contributed by atoms with Crippen molar-refractivity contribution >= 4 is 17.5 Å². The lowest BCUT2D eigenvalue weighted by Gasteiger charge is -2.11. The minimum Gasteiger partial charge on any atom is -0.496 e. The molecule has 0 radical (unpaired) electrons. The fraction of sp³-hybridized carbons (Fsp3) is 0.158. The topological polar surface area (TPSA) is 44.1 Å². The van der Waals surface area contributed by atoms with Crippen molar-refractivity contribution in [3.8, 4) is 11.4 Å². The molecule has 3 rings (SSSR count). The number of methoxy groups -OCH3 is 1. The van der Waals surface area contributed by atoms with Gasteiger partial charge in [0.05, 0.1) is 12.8 Å². The van der Waals surface area contributed by atoms with Crippen molar-refractivity contribution in [2.24, 2.45) is 0 Å². The lowest BCUT2D eigenvalue weighted by Crippen LogP contribution is -1.99. The maximum absolute atomic E-state index is 13.5. The van der Waals surface area contributed by atoms with Crippen LogP contribution in [0.5, 0.6) is 5.75 Å². The first-order valence-electron chi connectivity index (χ1n) is 7.68. The predicted molar refractivity (Wildman–Crippen MR) is 96.1 cm³/mol. The predicted octanol–water partition coefficient (Wildman–Crippen LogP) is 4.51. The number of rotatable bonds is 6. The average Bonchev–Trinajstić information content (AvgIpc) is 3.08. The summed E-state index contributed by atoms with van der Waals surface area (Å²) in [7, 11) is 1.60. The normalized spacial score (nSPS) is 10.7. The van der Waals surface area contributed by atoms with Crippen LogP contribution in [0.2, 0.25) is 0 Å². The molecule has 1 aromatic heterocycles. The van der Waals surface area contributed by atoms with Gasteiger partial charge in [0.2, 0.25) is 0 Å². The van der Waals surface area contributed by atoms with Crippen LogP contribution in [0, 0.1) is 5.82 Å². The molecule has 128 valence electrons. The standard InChI is InChI=1S/C19H17FN2O2S/c1-13(23)14-6-7-18(24-2)15(10-14)12-25-19-21-8-9-22(19)17-5-3-4-16(20)11-17/h3-11H,12H2,1-2H3. The van der Waals surface area contributed by atoms with E-state index in [0.717, 1.165) is 16.5 Å². The highest BCUT2D eigenvalue weighted by molar-refractivity contribution is 7.98. The Hall–Kier alpha value is -2.60. The lowest BCUT2D eigenvalue weighted by atomic mass is 10.1. The van der Waals surface area contributed by atoms with Crippen LogP contribution in [0.3, 0.4) is 0 Å². The Morgan fingerprint density at radius 1 is 1.28 bits per heavy atom. The molecule has 0 saturated heterocycles. The Morgan fingerprint density at radius 2 is 2.12 bits per heavy atom. The summed E-state index contributed by atoms with van der Waals surface area (Å²) in [5.41, 5.74) is 2.27. The van der Waals surface area contributed by atoms with E-state index in [1.807, 2.05) is 16.7 Å². The number of hydrogen-bond acceptors (Lipinski definition) is 4. The number of nitrogens with zero attached hydrogens (tertiary/aromatic N) is 2. The lowest BCUT2D eigenvalue weighted by molar-refractivity contribution is 0.101. The van der Waals surface area contributed by atoms with Gasteiger partial charge in [-0.2, -0.15) is 0 Å². The quantitative estimate of drug-likeness (QED) is 0.481. The number of hydrogen-bond donors (Lipinski definition) is 0. The Kier molecular flexibility index (Phi) is 5.19. The number of imidazole rings is 1. The molecule has 1 heterocycles. The molecule has 0 aliphatic carbocycles. The number of carbonyl (C=O) groups excluding carboxylic acids is 1. The van der Waals surface area contributed by atoms with Gasteiger partial charge < -0.3 is 4.74 Å². The molecule has 0 bridgehead atoms. The Bertz CT molecular complexity index is 908. The molecule has 4 nitrogen and oxygen atoms in total. The maximum atomic E-state index is 13.5. The highest BCUT2D eigenvalue weighted by Gasteiger charge is 2.11. The van der Waals surface area contributed by atoms with Gasteiger partial charge >= 0.3 is 0 Å². The first-order chi connectivity index (χ1) is 12.1. The minimum absolute atomic E-state index is 0.00941.